The third kappa shape index (κ3) is 4.64. The lowest BCUT2D eigenvalue weighted by molar-refractivity contribution is 0.548. The lowest BCUT2D eigenvalue weighted by atomic mass is 10.1. The minimum atomic E-state index is 0.673. The highest BCUT2D eigenvalue weighted by molar-refractivity contribution is 7.97. The predicted octanol–water partition coefficient (Wildman–Crippen LogP) is 2.70. The third-order valence-electron chi connectivity index (χ3n) is 2.59. The van der Waals surface area contributed by atoms with Crippen LogP contribution in [0.4, 0.5) is 0 Å². The number of hydrogen-bond acceptors (Lipinski definition) is 4. The highest BCUT2D eigenvalue weighted by Gasteiger charge is 2.08. The van der Waals surface area contributed by atoms with E-state index in [1.807, 2.05) is 0 Å². The van der Waals surface area contributed by atoms with Crippen LogP contribution in [0.2, 0.25) is 0 Å². The van der Waals surface area contributed by atoms with Gasteiger partial charge < -0.3 is 5.32 Å². The molecule has 0 aliphatic rings. The first kappa shape index (κ1) is 14.5. The molecule has 0 spiro atoms. The number of thioether (sulfide) groups is 1. The van der Waals surface area contributed by atoms with Crippen LogP contribution in [0.15, 0.2) is 0 Å². The van der Waals surface area contributed by atoms with Crippen molar-refractivity contribution in [2.24, 2.45) is 5.92 Å². The number of nitrogens with one attached hydrogen (secondary N) is 1. The highest BCUT2D eigenvalue weighted by Crippen LogP contribution is 2.12. The molecule has 17 heavy (non-hydrogen) atoms. The molecular weight excluding hydrogens is 230 g/mol. The van der Waals surface area contributed by atoms with E-state index in [1.165, 1.54) is 5.56 Å². The number of hydrogen-bond donors (Lipinski definition) is 1. The normalized spacial score (nSPS) is 11.2. The first-order chi connectivity index (χ1) is 8.04. The molecule has 1 aromatic rings. The van der Waals surface area contributed by atoms with Crippen LogP contribution < -0.4 is 5.32 Å². The maximum Gasteiger partial charge on any atom is 0.138 e. The Balaban J connectivity index is 2.72. The van der Waals surface area contributed by atoms with Gasteiger partial charge in [0, 0.05) is 23.5 Å². The lowest BCUT2D eigenvalue weighted by Gasteiger charge is -2.12. The van der Waals surface area contributed by atoms with Crippen LogP contribution in [0, 0.1) is 19.8 Å². The smallest absolute Gasteiger partial charge is 0.138 e. The topological polar surface area (TPSA) is 37.8 Å². The van der Waals surface area contributed by atoms with Crippen LogP contribution in [-0.2, 0) is 12.3 Å². The maximum absolute atomic E-state index is 4.55. The van der Waals surface area contributed by atoms with Gasteiger partial charge >= 0.3 is 0 Å². The largest absolute Gasteiger partial charge is 0.312 e. The maximum atomic E-state index is 4.55. The Morgan fingerprint density at radius 1 is 1.18 bits per heavy atom. The number of aryl methyl sites for hydroxylation is 2. The zero-order valence-electron chi connectivity index (χ0n) is 11.5. The summed E-state index contributed by atoms with van der Waals surface area (Å²) in [6, 6.07) is 0. The Morgan fingerprint density at radius 2 is 1.76 bits per heavy atom. The van der Waals surface area contributed by atoms with Gasteiger partial charge in [0.1, 0.15) is 5.82 Å². The van der Waals surface area contributed by atoms with E-state index < -0.39 is 0 Å². The summed E-state index contributed by atoms with van der Waals surface area (Å²) >= 11 is 1.76. The van der Waals surface area contributed by atoms with Gasteiger partial charge in [0.25, 0.3) is 0 Å². The highest BCUT2D eigenvalue weighted by atomic mass is 32.2. The van der Waals surface area contributed by atoms with Crippen molar-refractivity contribution in [2.75, 3.05) is 12.8 Å². The van der Waals surface area contributed by atoms with Crippen LogP contribution in [0.1, 0.15) is 36.6 Å². The van der Waals surface area contributed by atoms with E-state index in [0.717, 1.165) is 36.1 Å². The van der Waals surface area contributed by atoms with Crippen LogP contribution in [0.5, 0.6) is 0 Å². The van der Waals surface area contributed by atoms with Gasteiger partial charge in [-0.05, 0) is 32.6 Å². The Bertz CT molecular complexity index is 341. The van der Waals surface area contributed by atoms with Crippen molar-refractivity contribution in [3.8, 4) is 0 Å². The fourth-order valence-electron chi connectivity index (χ4n) is 1.74. The Labute approximate surface area is 109 Å². The zero-order valence-corrected chi connectivity index (χ0v) is 12.3. The van der Waals surface area contributed by atoms with Crippen molar-refractivity contribution in [1.29, 1.82) is 0 Å². The second-order valence-corrected chi connectivity index (χ2v) is 5.61. The van der Waals surface area contributed by atoms with Gasteiger partial charge in [-0.3, -0.25) is 0 Å². The van der Waals surface area contributed by atoms with Gasteiger partial charge in [-0.15, -0.1) is 0 Å². The molecule has 0 aromatic carbocycles. The summed E-state index contributed by atoms with van der Waals surface area (Å²) in [4.78, 5) is 9.10. The van der Waals surface area contributed by atoms with Crippen molar-refractivity contribution >= 4 is 11.8 Å². The summed E-state index contributed by atoms with van der Waals surface area (Å²) < 4.78 is 0. The third-order valence-corrected chi connectivity index (χ3v) is 3.14. The fraction of sp³-hybridized carbons (Fsp3) is 0.692. The second-order valence-electron chi connectivity index (χ2n) is 4.75. The molecule has 3 nitrogen and oxygen atoms in total. The average Bonchev–Trinajstić information content (AvgIpc) is 2.22. The van der Waals surface area contributed by atoms with Crippen molar-refractivity contribution < 1.29 is 0 Å². The van der Waals surface area contributed by atoms with Crippen molar-refractivity contribution in [1.82, 2.24) is 15.3 Å². The SMILES string of the molecule is CSCc1nc(C)c(CNCC(C)C)c(C)n1. The predicted molar refractivity (Wildman–Crippen MR) is 75.3 cm³/mol. The van der Waals surface area contributed by atoms with Gasteiger partial charge in [0.05, 0.1) is 5.75 Å². The van der Waals surface area contributed by atoms with E-state index in [9.17, 15) is 0 Å². The van der Waals surface area contributed by atoms with Crippen LogP contribution >= 0.6 is 11.8 Å². The summed E-state index contributed by atoms with van der Waals surface area (Å²) in [6.45, 7) is 10.5. The summed E-state index contributed by atoms with van der Waals surface area (Å²) in [5.74, 6) is 2.51. The van der Waals surface area contributed by atoms with Crippen molar-refractivity contribution in [3.63, 3.8) is 0 Å². The average molecular weight is 253 g/mol. The molecule has 0 radical (unpaired) electrons. The monoisotopic (exact) mass is 253 g/mol. The molecule has 1 aromatic heterocycles. The Hall–Kier alpha value is -0.610. The fourth-order valence-corrected chi connectivity index (χ4v) is 2.13. The molecule has 0 amide bonds. The molecule has 0 atom stereocenters. The molecular formula is C13H23N3S. The quantitative estimate of drug-likeness (QED) is 0.846. The minimum Gasteiger partial charge on any atom is -0.312 e. The molecule has 0 fully saturated rings. The minimum absolute atomic E-state index is 0.673. The first-order valence-electron chi connectivity index (χ1n) is 6.07. The number of aromatic nitrogens is 2. The molecule has 1 rings (SSSR count). The van der Waals surface area contributed by atoms with Gasteiger partial charge in [-0.25, -0.2) is 9.97 Å². The molecule has 1 heterocycles. The van der Waals surface area contributed by atoms with Gasteiger partial charge in [-0.2, -0.15) is 11.8 Å². The molecule has 0 saturated heterocycles. The number of nitrogens with zero attached hydrogens (tertiary/aromatic N) is 2. The van der Waals surface area contributed by atoms with E-state index in [1.54, 1.807) is 11.8 Å². The zero-order chi connectivity index (χ0) is 12.8. The molecule has 96 valence electrons. The molecule has 0 unspecified atom stereocenters. The summed E-state index contributed by atoms with van der Waals surface area (Å²) in [7, 11) is 0. The Morgan fingerprint density at radius 3 is 2.24 bits per heavy atom. The van der Waals surface area contributed by atoms with Crippen molar-refractivity contribution in [3.05, 3.63) is 22.8 Å². The summed E-state index contributed by atoms with van der Waals surface area (Å²) in [5, 5.41) is 3.45. The molecule has 1 N–H and O–H groups in total. The standard InChI is InChI=1S/C13H23N3S/c1-9(2)6-14-7-12-10(3)15-13(8-17-5)16-11(12)4/h9,14H,6-8H2,1-5H3. The second kappa shape index (κ2) is 6.97. The van der Waals surface area contributed by atoms with Crippen LogP contribution in [0.3, 0.4) is 0 Å². The lowest BCUT2D eigenvalue weighted by Crippen LogP contribution is -2.21. The molecule has 0 aliphatic heterocycles. The summed E-state index contributed by atoms with van der Waals surface area (Å²) in [6.07, 6.45) is 2.08. The van der Waals surface area contributed by atoms with Crippen LogP contribution in [-0.4, -0.2) is 22.8 Å². The first-order valence-corrected chi connectivity index (χ1v) is 7.46. The van der Waals surface area contributed by atoms with Crippen molar-refractivity contribution in [2.45, 2.75) is 40.0 Å². The molecule has 0 bridgehead atoms. The van der Waals surface area contributed by atoms with E-state index in [0.29, 0.717) is 5.92 Å². The van der Waals surface area contributed by atoms with E-state index in [4.69, 9.17) is 0 Å². The van der Waals surface area contributed by atoms with Gasteiger partial charge in [0.15, 0.2) is 0 Å². The van der Waals surface area contributed by atoms with E-state index in [2.05, 4.69) is 49.2 Å². The van der Waals surface area contributed by atoms with Gasteiger partial charge in [0.2, 0.25) is 0 Å². The van der Waals surface area contributed by atoms with E-state index >= 15 is 0 Å². The molecule has 4 heteroatoms. The molecule has 0 saturated carbocycles. The van der Waals surface area contributed by atoms with E-state index in [-0.39, 0.29) is 0 Å². The Kier molecular flexibility index (Phi) is 5.92. The molecule has 0 aliphatic carbocycles. The summed E-state index contributed by atoms with van der Waals surface area (Å²) in [5.41, 5.74) is 3.46. The van der Waals surface area contributed by atoms with Crippen LogP contribution in [0.25, 0.3) is 0 Å². The number of rotatable bonds is 6. The van der Waals surface area contributed by atoms with Gasteiger partial charge in [-0.1, -0.05) is 13.8 Å².